The lowest BCUT2D eigenvalue weighted by Crippen LogP contribution is -2.39. The number of imidazole rings is 1. The highest BCUT2D eigenvalue weighted by molar-refractivity contribution is 6.34. The van der Waals surface area contributed by atoms with Gasteiger partial charge in [0.2, 0.25) is 0 Å². The van der Waals surface area contributed by atoms with Crippen LogP contribution in [0.5, 0.6) is 11.8 Å². The van der Waals surface area contributed by atoms with Crippen LogP contribution < -0.4 is 16.0 Å². The standard InChI is InChI=1S/C20H15Cl3N4O3/c1-25-16-17(24-19(25)30-15-9-13(22)7-8-14(15)23)26(2)20(29)27(18(16)28)10-11-3-5-12(21)6-4-11/h3-9H,10H2,1-2H3. The van der Waals surface area contributed by atoms with Gasteiger partial charge in [-0.1, -0.05) is 46.9 Å². The minimum Gasteiger partial charge on any atom is -0.424 e. The largest absolute Gasteiger partial charge is 0.424 e. The van der Waals surface area contributed by atoms with Gasteiger partial charge in [-0.3, -0.25) is 18.5 Å². The lowest BCUT2D eigenvalue weighted by molar-refractivity contribution is 0.427. The van der Waals surface area contributed by atoms with Gasteiger partial charge in [0.25, 0.3) is 5.56 Å². The number of nitrogens with zero attached hydrogens (tertiary/aromatic N) is 4. The van der Waals surface area contributed by atoms with Crippen molar-refractivity contribution < 1.29 is 4.74 Å². The number of fused-ring (bicyclic) bond motifs is 1. The van der Waals surface area contributed by atoms with E-state index in [1.165, 1.54) is 9.13 Å². The maximum atomic E-state index is 13.1. The van der Waals surface area contributed by atoms with Crippen molar-refractivity contribution >= 4 is 46.0 Å². The first-order valence-electron chi connectivity index (χ1n) is 8.80. The second-order valence-corrected chi connectivity index (χ2v) is 7.94. The summed E-state index contributed by atoms with van der Waals surface area (Å²) in [7, 11) is 3.17. The first-order valence-corrected chi connectivity index (χ1v) is 9.93. The van der Waals surface area contributed by atoms with Gasteiger partial charge in [-0.2, -0.15) is 4.98 Å². The first kappa shape index (κ1) is 20.5. The molecule has 0 amide bonds. The summed E-state index contributed by atoms with van der Waals surface area (Å²) in [6, 6.07) is 11.8. The molecule has 0 saturated heterocycles. The van der Waals surface area contributed by atoms with E-state index in [2.05, 4.69) is 4.98 Å². The Balaban J connectivity index is 1.85. The number of aromatic nitrogens is 4. The summed E-state index contributed by atoms with van der Waals surface area (Å²) in [5, 5.41) is 1.34. The van der Waals surface area contributed by atoms with Crippen molar-refractivity contribution in [2.24, 2.45) is 14.1 Å². The molecule has 0 aliphatic carbocycles. The van der Waals surface area contributed by atoms with E-state index in [4.69, 9.17) is 39.5 Å². The van der Waals surface area contributed by atoms with Crippen LogP contribution in [0.15, 0.2) is 52.1 Å². The lowest BCUT2D eigenvalue weighted by atomic mass is 10.2. The maximum Gasteiger partial charge on any atom is 0.332 e. The fraction of sp³-hybridized carbons (Fsp3) is 0.150. The quantitative estimate of drug-likeness (QED) is 0.452. The van der Waals surface area contributed by atoms with E-state index in [9.17, 15) is 9.59 Å². The zero-order chi connectivity index (χ0) is 21.6. The van der Waals surface area contributed by atoms with Crippen molar-refractivity contribution in [2.45, 2.75) is 6.54 Å². The monoisotopic (exact) mass is 464 g/mol. The van der Waals surface area contributed by atoms with Gasteiger partial charge >= 0.3 is 11.7 Å². The molecular weight excluding hydrogens is 451 g/mol. The van der Waals surface area contributed by atoms with Gasteiger partial charge in [0, 0.05) is 30.2 Å². The van der Waals surface area contributed by atoms with Gasteiger partial charge in [-0.15, -0.1) is 0 Å². The third-order valence-corrected chi connectivity index (χ3v) is 5.47. The van der Waals surface area contributed by atoms with Crippen molar-refractivity contribution in [3.8, 4) is 11.8 Å². The Morgan fingerprint density at radius 3 is 2.30 bits per heavy atom. The molecule has 154 valence electrons. The van der Waals surface area contributed by atoms with Crippen LogP contribution in [0.25, 0.3) is 11.2 Å². The van der Waals surface area contributed by atoms with Crippen LogP contribution in [-0.2, 0) is 20.6 Å². The third-order valence-electron chi connectivity index (χ3n) is 4.67. The molecule has 0 saturated carbocycles. The highest BCUT2D eigenvalue weighted by Crippen LogP contribution is 2.32. The molecule has 2 aromatic carbocycles. The summed E-state index contributed by atoms with van der Waals surface area (Å²) in [5.41, 5.74) is 0.215. The van der Waals surface area contributed by atoms with Crippen LogP contribution in [0.2, 0.25) is 15.1 Å². The molecule has 2 aromatic heterocycles. The highest BCUT2D eigenvalue weighted by Gasteiger charge is 2.20. The summed E-state index contributed by atoms with van der Waals surface area (Å²) in [6.07, 6.45) is 0. The highest BCUT2D eigenvalue weighted by atomic mass is 35.5. The Morgan fingerprint density at radius 2 is 1.60 bits per heavy atom. The van der Waals surface area contributed by atoms with Crippen LogP contribution in [0.3, 0.4) is 0 Å². The van der Waals surface area contributed by atoms with Crippen LogP contribution in [-0.4, -0.2) is 18.7 Å². The molecule has 0 spiro atoms. The number of rotatable bonds is 4. The van der Waals surface area contributed by atoms with Crippen molar-refractivity contribution in [1.82, 2.24) is 18.7 Å². The zero-order valence-corrected chi connectivity index (χ0v) is 18.2. The molecule has 0 bridgehead atoms. The van der Waals surface area contributed by atoms with Gasteiger partial charge in [0.1, 0.15) is 0 Å². The van der Waals surface area contributed by atoms with Crippen molar-refractivity contribution in [3.05, 3.63) is 83.9 Å². The molecule has 30 heavy (non-hydrogen) atoms. The van der Waals surface area contributed by atoms with Gasteiger partial charge in [0.05, 0.1) is 11.6 Å². The lowest BCUT2D eigenvalue weighted by Gasteiger charge is -2.09. The van der Waals surface area contributed by atoms with E-state index in [1.807, 2.05) is 0 Å². The molecule has 10 heteroatoms. The first-order chi connectivity index (χ1) is 14.3. The normalized spacial score (nSPS) is 11.2. The number of halogens is 3. The number of ether oxygens (including phenoxy) is 1. The molecule has 0 N–H and O–H groups in total. The predicted molar refractivity (Wildman–Crippen MR) is 117 cm³/mol. The fourth-order valence-corrected chi connectivity index (χ4v) is 3.52. The summed E-state index contributed by atoms with van der Waals surface area (Å²) in [4.78, 5) is 30.3. The van der Waals surface area contributed by atoms with E-state index in [1.54, 1.807) is 56.6 Å². The smallest absolute Gasteiger partial charge is 0.332 e. The Labute approximate surface area is 185 Å². The summed E-state index contributed by atoms with van der Waals surface area (Å²) >= 11 is 18.1. The van der Waals surface area contributed by atoms with E-state index in [0.717, 1.165) is 10.1 Å². The Kier molecular flexibility index (Phi) is 5.36. The van der Waals surface area contributed by atoms with Crippen LogP contribution in [0.4, 0.5) is 0 Å². The van der Waals surface area contributed by atoms with E-state index >= 15 is 0 Å². The van der Waals surface area contributed by atoms with Crippen molar-refractivity contribution in [2.75, 3.05) is 0 Å². The molecule has 7 nitrogen and oxygen atoms in total. The van der Waals surface area contributed by atoms with Crippen molar-refractivity contribution in [1.29, 1.82) is 0 Å². The second kappa shape index (κ2) is 7.83. The molecule has 0 fully saturated rings. The molecule has 0 atom stereocenters. The molecule has 0 aliphatic heterocycles. The second-order valence-electron chi connectivity index (χ2n) is 6.66. The molecule has 0 unspecified atom stereocenters. The van der Waals surface area contributed by atoms with Crippen LogP contribution >= 0.6 is 34.8 Å². The predicted octanol–water partition coefficient (Wildman–Crippen LogP) is 4.23. The topological polar surface area (TPSA) is 71.1 Å². The van der Waals surface area contributed by atoms with Gasteiger partial charge in [-0.25, -0.2) is 4.79 Å². The summed E-state index contributed by atoms with van der Waals surface area (Å²) in [5.74, 6) is 0.286. The van der Waals surface area contributed by atoms with Gasteiger partial charge < -0.3 is 4.74 Å². The Morgan fingerprint density at radius 1 is 0.933 bits per heavy atom. The SMILES string of the molecule is Cn1c(Oc2cc(Cl)ccc2Cl)nc2c1c(=O)n(Cc1ccc(Cl)cc1)c(=O)n2C. The molecule has 4 rings (SSSR count). The zero-order valence-electron chi connectivity index (χ0n) is 15.9. The van der Waals surface area contributed by atoms with Crippen molar-refractivity contribution in [3.63, 3.8) is 0 Å². The summed E-state index contributed by atoms with van der Waals surface area (Å²) < 4.78 is 9.71. The van der Waals surface area contributed by atoms with Crippen LogP contribution in [0.1, 0.15) is 5.56 Å². The number of hydrogen-bond acceptors (Lipinski definition) is 4. The van der Waals surface area contributed by atoms with E-state index < -0.39 is 11.2 Å². The molecular formula is C20H15Cl3N4O3. The Bertz CT molecular complexity index is 1390. The molecule has 0 radical (unpaired) electrons. The maximum absolute atomic E-state index is 13.1. The van der Waals surface area contributed by atoms with Gasteiger partial charge in [0.15, 0.2) is 16.9 Å². The fourth-order valence-electron chi connectivity index (χ4n) is 3.08. The third kappa shape index (κ3) is 3.60. The molecule has 4 aromatic rings. The number of benzene rings is 2. The minimum atomic E-state index is -0.493. The average molecular weight is 466 g/mol. The van der Waals surface area contributed by atoms with E-state index in [-0.39, 0.29) is 29.5 Å². The van der Waals surface area contributed by atoms with Gasteiger partial charge in [-0.05, 0) is 29.8 Å². The molecule has 2 heterocycles. The molecule has 0 aliphatic rings. The average Bonchev–Trinajstić information content (AvgIpc) is 3.04. The van der Waals surface area contributed by atoms with E-state index in [0.29, 0.717) is 15.1 Å². The Hall–Kier alpha value is -2.74. The number of hydrogen-bond donors (Lipinski definition) is 0. The van der Waals surface area contributed by atoms with Crippen LogP contribution in [0, 0.1) is 0 Å². The minimum absolute atomic E-state index is 0.0973. The summed E-state index contributed by atoms with van der Waals surface area (Å²) in [6.45, 7) is 0.0973. The number of aryl methyl sites for hydroxylation is 2.